The standard InChI is InChI=1S/C18H18FN7OS.C3H6/c1-9(2)23-17-15(19)18(28-3)14(10-4-22-25-16(10)17)11-6-26-7-12(21-8-27)24-13(26)5-20-11;1-2-3-1/h4-9,23H,1-3H3,(H,21,27)(H,22,25);1-3H2. The van der Waals surface area contributed by atoms with Crippen molar-refractivity contribution in [1.29, 1.82) is 0 Å². The lowest BCUT2D eigenvalue weighted by Crippen LogP contribution is -2.12. The molecule has 3 N–H and O–H groups in total. The summed E-state index contributed by atoms with van der Waals surface area (Å²) in [6.07, 6.45) is 13.6. The van der Waals surface area contributed by atoms with Gasteiger partial charge in [-0.3, -0.25) is 14.9 Å². The zero-order valence-corrected chi connectivity index (χ0v) is 18.4. The van der Waals surface area contributed by atoms with Crippen LogP contribution in [0.25, 0.3) is 27.8 Å². The number of rotatable bonds is 6. The molecular formula is C21H24FN7OS. The first-order chi connectivity index (χ1) is 15.0. The third kappa shape index (κ3) is 4.34. The first kappa shape index (κ1) is 21.1. The SMILES string of the molecule is C1CC1.CSc1c(F)c(NC(C)C)c2[nH]ncc2c1-c1cn2cc(NC=O)nc2cn1. The van der Waals surface area contributed by atoms with E-state index < -0.39 is 0 Å². The highest BCUT2D eigenvalue weighted by molar-refractivity contribution is 7.98. The molecule has 31 heavy (non-hydrogen) atoms. The van der Waals surface area contributed by atoms with E-state index in [0.29, 0.717) is 45.2 Å². The summed E-state index contributed by atoms with van der Waals surface area (Å²) in [5, 5.41) is 13.5. The summed E-state index contributed by atoms with van der Waals surface area (Å²) in [7, 11) is 0. The molecule has 0 radical (unpaired) electrons. The summed E-state index contributed by atoms with van der Waals surface area (Å²) in [5.41, 5.74) is 2.80. The smallest absolute Gasteiger partial charge is 0.212 e. The van der Waals surface area contributed by atoms with Crippen LogP contribution in [0.15, 0.2) is 29.7 Å². The Bertz CT molecular complexity index is 1230. The molecule has 3 aromatic heterocycles. The first-order valence-corrected chi connectivity index (χ1v) is 11.3. The van der Waals surface area contributed by atoms with Gasteiger partial charge < -0.3 is 15.0 Å². The molecule has 0 spiro atoms. The second-order valence-electron chi connectivity index (χ2n) is 7.54. The number of amides is 1. The molecule has 1 fully saturated rings. The van der Waals surface area contributed by atoms with Gasteiger partial charge in [0.05, 0.1) is 40.4 Å². The fraction of sp³-hybridized carbons (Fsp3) is 0.333. The highest BCUT2D eigenvalue weighted by atomic mass is 32.2. The number of hydrogen-bond donors (Lipinski definition) is 3. The molecule has 10 heteroatoms. The van der Waals surface area contributed by atoms with Crippen molar-refractivity contribution in [2.45, 2.75) is 44.0 Å². The third-order valence-corrected chi connectivity index (χ3v) is 5.39. The number of imidazole rings is 1. The second-order valence-corrected chi connectivity index (χ2v) is 8.36. The number of anilines is 2. The molecule has 1 aromatic carbocycles. The van der Waals surface area contributed by atoms with Gasteiger partial charge in [-0.05, 0) is 20.1 Å². The lowest BCUT2D eigenvalue weighted by atomic mass is 10.0. The summed E-state index contributed by atoms with van der Waals surface area (Å²) in [6.45, 7) is 3.90. The van der Waals surface area contributed by atoms with Gasteiger partial charge in [-0.1, -0.05) is 19.3 Å². The van der Waals surface area contributed by atoms with Crippen molar-refractivity contribution in [2.75, 3.05) is 16.9 Å². The number of halogens is 1. The van der Waals surface area contributed by atoms with Crippen molar-refractivity contribution in [1.82, 2.24) is 24.6 Å². The molecule has 5 rings (SSSR count). The lowest BCUT2D eigenvalue weighted by molar-refractivity contribution is -0.105. The normalized spacial score (nSPS) is 12.7. The van der Waals surface area contributed by atoms with Crippen LogP contribution in [-0.4, -0.2) is 43.3 Å². The Labute approximate surface area is 183 Å². The van der Waals surface area contributed by atoms with Crippen LogP contribution in [0.4, 0.5) is 15.9 Å². The van der Waals surface area contributed by atoms with Crippen LogP contribution in [0.1, 0.15) is 33.1 Å². The van der Waals surface area contributed by atoms with Gasteiger partial charge in [-0.25, -0.2) is 9.37 Å². The Morgan fingerprint density at radius 3 is 2.68 bits per heavy atom. The number of H-pyrrole nitrogens is 1. The number of benzene rings is 1. The number of thioether (sulfide) groups is 1. The molecule has 1 saturated carbocycles. The minimum atomic E-state index is -0.344. The van der Waals surface area contributed by atoms with Gasteiger partial charge in [0, 0.05) is 23.2 Å². The molecule has 0 bridgehead atoms. The fourth-order valence-electron chi connectivity index (χ4n) is 3.15. The zero-order valence-electron chi connectivity index (χ0n) is 17.6. The molecule has 0 aliphatic heterocycles. The molecule has 8 nitrogen and oxygen atoms in total. The molecule has 1 aliphatic carbocycles. The van der Waals surface area contributed by atoms with E-state index in [4.69, 9.17) is 0 Å². The molecule has 3 heterocycles. The minimum absolute atomic E-state index is 0.0609. The fourth-order valence-corrected chi connectivity index (χ4v) is 3.85. The molecule has 0 saturated heterocycles. The average molecular weight is 442 g/mol. The molecule has 0 atom stereocenters. The average Bonchev–Trinajstić information content (AvgIpc) is 3.45. The van der Waals surface area contributed by atoms with Gasteiger partial charge in [-0.2, -0.15) is 5.10 Å². The number of nitrogens with zero attached hydrogens (tertiary/aromatic N) is 4. The first-order valence-electron chi connectivity index (χ1n) is 10.1. The molecule has 1 aliphatic rings. The number of carbonyl (C=O) groups excluding carboxylic acids is 1. The molecule has 4 aromatic rings. The molecule has 1 amide bonds. The van der Waals surface area contributed by atoms with Crippen LogP contribution in [0.5, 0.6) is 0 Å². The number of fused-ring (bicyclic) bond motifs is 2. The van der Waals surface area contributed by atoms with E-state index in [2.05, 4.69) is 30.8 Å². The van der Waals surface area contributed by atoms with Crippen LogP contribution in [0.2, 0.25) is 0 Å². The summed E-state index contributed by atoms with van der Waals surface area (Å²) in [4.78, 5) is 19.9. The highest BCUT2D eigenvalue weighted by Gasteiger charge is 2.23. The predicted octanol–water partition coefficient (Wildman–Crippen LogP) is 4.69. The van der Waals surface area contributed by atoms with Crippen molar-refractivity contribution >= 4 is 46.2 Å². The van der Waals surface area contributed by atoms with E-state index >= 15 is 4.39 Å². The Morgan fingerprint density at radius 1 is 1.26 bits per heavy atom. The molecular weight excluding hydrogens is 417 g/mol. The van der Waals surface area contributed by atoms with Gasteiger partial charge in [0.15, 0.2) is 17.3 Å². The Morgan fingerprint density at radius 2 is 2.03 bits per heavy atom. The second kappa shape index (κ2) is 8.93. The summed E-state index contributed by atoms with van der Waals surface area (Å²) < 4.78 is 17.1. The highest BCUT2D eigenvalue weighted by Crippen LogP contribution is 2.42. The van der Waals surface area contributed by atoms with E-state index in [1.54, 1.807) is 29.2 Å². The molecule has 0 unspecified atom stereocenters. The van der Waals surface area contributed by atoms with Crippen molar-refractivity contribution in [3.05, 3.63) is 30.6 Å². The van der Waals surface area contributed by atoms with E-state index in [1.165, 1.54) is 31.0 Å². The predicted molar refractivity (Wildman–Crippen MR) is 122 cm³/mol. The van der Waals surface area contributed by atoms with Crippen LogP contribution in [-0.2, 0) is 4.79 Å². The topological polar surface area (TPSA) is 100 Å². The Kier molecular flexibility index (Phi) is 6.08. The zero-order chi connectivity index (χ0) is 22.0. The van der Waals surface area contributed by atoms with Crippen LogP contribution >= 0.6 is 11.8 Å². The van der Waals surface area contributed by atoms with Crippen molar-refractivity contribution in [3.63, 3.8) is 0 Å². The van der Waals surface area contributed by atoms with Gasteiger partial charge >= 0.3 is 0 Å². The van der Waals surface area contributed by atoms with E-state index in [1.807, 2.05) is 20.1 Å². The van der Waals surface area contributed by atoms with Crippen molar-refractivity contribution in [2.24, 2.45) is 0 Å². The maximum atomic E-state index is 15.4. The monoisotopic (exact) mass is 441 g/mol. The van der Waals surface area contributed by atoms with E-state index in [0.717, 1.165) is 5.39 Å². The third-order valence-electron chi connectivity index (χ3n) is 4.60. The molecule has 162 valence electrons. The minimum Gasteiger partial charge on any atom is -0.379 e. The maximum absolute atomic E-state index is 15.4. The number of aromatic amines is 1. The number of carbonyl (C=O) groups is 1. The van der Waals surface area contributed by atoms with Crippen LogP contribution < -0.4 is 10.6 Å². The van der Waals surface area contributed by atoms with Gasteiger partial charge in [-0.15, -0.1) is 11.8 Å². The Balaban J connectivity index is 0.000000710. The van der Waals surface area contributed by atoms with E-state index in [9.17, 15) is 4.79 Å². The van der Waals surface area contributed by atoms with Crippen molar-refractivity contribution < 1.29 is 9.18 Å². The number of aromatic nitrogens is 5. The van der Waals surface area contributed by atoms with E-state index in [-0.39, 0.29) is 11.9 Å². The Hall–Kier alpha value is -3.14. The van der Waals surface area contributed by atoms with Gasteiger partial charge in [0.1, 0.15) is 0 Å². The van der Waals surface area contributed by atoms with Gasteiger partial charge in [0.25, 0.3) is 0 Å². The van der Waals surface area contributed by atoms with Gasteiger partial charge in [0.2, 0.25) is 6.41 Å². The summed E-state index contributed by atoms with van der Waals surface area (Å²) in [6, 6.07) is 0.0609. The lowest BCUT2D eigenvalue weighted by Gasteiger charge is -2.17. The van der Waals surface area contributed by atoms with Crippen LogP contribution in [0.3, 0.4) is 0 Å². The maximum Gasteiger partial charge on any atom is 0.212 e. The number of nitrogens with one attached hydrogen (secondary N) is 3. The summed E-state index contributed by atoms with van der Waals surface area (Å²) >= 11 is 1.31. The van der Waals surface area contributed by atoms with Crippen molar-refractivity contribution in [3.8, 4) is 11.3 Å². The number of hydrogen-bond acceptors (Lipinski definition) is 6. The quantitative estimate of drug-likeness (QED) is 0.296. The summed E-state index contributed by atoms with van der Waals surface area (Å²) in [5.74, 6) is 0.0685. The van der Waals surface area contributed by atoms with Crippen LogP contribution in [0, 0.1) is 5.82 Å². The largest absolute Gasteiger partial charge is 0.379 e.